The van der Waals surface area contributed by atoms with Gasteiger partial charge in [0.15, 0.2) is 6.61 Å². The molecule has 0 atom stereocenters. The minimum atomic E-state index is -4.51. The number of rotatable bonds is 6. The van der Waals surface area contributed by atoms with Crippen LogP contribution >= 0.6 is 11.3 Å². The molecule has 0 aliphatic rings. The minimum absolute atomic E-state index is 0.00983. The topological polar surface area (TPSA) is 47.6 Å². The molecule has 0 aliphatic heterocycles. The van der Waals surface area contributed by atoms with Crippen molar-refractivity contribution in [2.45, 2.75) is 12.8 Å². The third-order valence-electron chi connectivity index (χ3n) is 3.78. The third kappa shape index (κ3) is 4.42. The van der Waals surface area contributed by atoms with Crippen LogP contribution in [0.2, 0.25) is 0 Å². The molecule has 28 heavy (non-hydrogen) atoms. The number of para-hydroxylation sites is 2. The molecule has 1 heterocycles. The average molecular weight is 413 g/mol. The quantitative estimate of drug-likeness (QED) is 0.552. The lowest BCUT2D eigenvalue weighted by molar-refractivity contribution is -0.153. The van der Waals surface area contributed by atoms with Crippen LogP contribution in [0.5, 0.6) is 5.75 Å². The highest BCUT2D eigenvalue weighted by molar-refractivity contribution is 7.21. The van der Waals surface area contributed by atoms with Crippen molar-refractivity contribution in [2.24, 2.45) is 0 Å². The van der Waals surface area contributed by atoms with Gasteiger partial charge in [-0.2, -0.15) is 13.2 Å². The summed E-state index contributed by atoms with van der Waals surface area (Å²) in [5.74, 6) is -1.18. The van der Waals surface area contributed by atoms with E-state index in [1.807, 2.05) is 0 Å². The van der Waals surface area contributed by atoms with Gasteiger partial charge in [0.1, 0.15) is 11.6 Å². The van der Waals surface area contributed by atoms with Gasteiger partial charge in [0.2, 0.25) is 0 Å². The van der Waals surface area contributed by atoms with E-state index in [4.69, 9.17) is 9.47 Å². The summed E-state index contributed by atoms with van der Waals surface area (Å²) in [6, 6.07) is 10.3. The number of anilines is 1. The van der Waals surface area contributed by atoms with Crippen LogP contribution in [0.3, 0.4) is 0 Å². The molecular formula is C19H15F4NO3S. The fourth-order valence-electron chi connectivity index (χ4n) is 2.67. The Morgan fingerprint density at radius 2 is 1.89 bits per heavy atom. The monoisotopic (exact) mass is 413 g/mol. The van der Waals surface area contributed by atoms with Gasteiger partial charge in [-0.1, -0.05) is 18.2 Å². The highest BCUT2D eigenvalue weighted by Gasteiger charge is 2.29. The molecule has 0 bridgehead atoms. The van der Waals surface area contributed by atoms with Gasteiger partial charge >= 0.3 is 6.18 Å². The van der Waals surface area contributed by atoms with Crippen molar-refractivity contribution < 1.29 is 31.8 Å². The van der Waals surface area contributed by atoms with E-state index in [0.29, 0.717) is 15.6 Å². The van der Waals surface area contributed by atoms with Crippen molar-refractivity contribution in [3.05, 3.63) is 58.7 Å². The van der Waals surface area contributed by atoms with Crippen molar-refractivity contribution in [2.75, 3.05) is 19.0 Å². The number of hydrogen-bond donors (Lipinski definition) is 1. The zero-order valence-electron chi connectivity index (χ0n) is 14.6. The Morgan fingerprint density at radius 1 is 1.14 bits per heavy atom. The fraction of sp³-hybridized carbons (Fsp3) is 0.211. The summed E-state index contributed by atoms with van der Waals surface area (Å²) >= 11 is 1.08. The second-order valence-corrected chi connectivity index (χ2v) is 6.86. The summed E-state index contributed by atoms with van der Waals surface area (Å²) < 4.78 is 62.0. The van der Waals surface area contributed by atoms with Crippen LogP contribution in [0.4, 0.5) is 23.2 Å². The van der Waals surface area contributed by atoms with Gasteiger partial charge in [-0.25, -0.2) is 4.39 Å². The number of nitrogens with one attached hydrogen (secondary N) is 1. The van der Waals surface area contributed by atoms with Crippen molar-refractivity contribution in [3.63, 3.8) is 0 Å². The highest BCUT2D eigenvalue weighted by atomic mass is 32.1. The molecule has 0 saturated heterocycles. The molecule has 3 rings (SSSR count). The lowest BCUT2D eigenvalue weighted by atomic mass is 10.1. The van der Waals surface area contributed by atoms with Gasteiger partial charge in [-0.3, -0.25) is 4.79 Å². The summed E-state index contributed by atoms with van der Waals surface area (Å²) in [6.45, 7) is -1.47. The summed E-state index contributed by atoms with van der Waals surface area (Å²) in [7, 11) is 1.42. The molecule has 9 heteroatoms. The average Bonchev–Trinajstić information content (AvgIpc) is 3.01. The molecule has 0 spiro atoms. The van der Waals surface area contributed by atoms with Crippen LogP contribution < -0.4 is 10.1 Å². The number of carbonyl (C=O) groups is 1. The molecule has 0 saturated carbocycles. The van der Waals surface area contributed by atoms with Crippen LogP contribution in [0.15, 0.2) is 42.5 Å². The first-order chi connectivity index (χ1) is 13.3. The van der Waals surface area contributed by atoms with E-state index in [1.165, 1.54) is 37.4 Å². The molecule has 2 aromatic carbocycles. The first-order valence-corrected chi connectivity index (χ1v) is 8.90. The van der Waals surface area contributed by atoms with Crippen molar-refractivity contribution in [3.8, 4) is 5.75 Å². The predicted octanol–water partition coefficient (Wildman–Crippen LogP) is 5.38. The number of hydrogen-bond acceptors (Lipinski definition) is 4. The van der Waals surface area contributed by atoms with Gasteiger partial charge in [-0.05, 0) is 24.3 Å². The van der Waals surface area contributed by atoms with E-state index in [9.17, 15) is 22.4 Å². The molecule has 4 nitrogen and oxygen atoms in total. The Morgan fingerprint density at radius 3 is 2.61 bits per heavy atom. The third-order valence-corrected chi connectivity index (χ3v) is 4.98. The number of methoxy groups -OCH3 is 1. The SMILES string of the molecule is COCc1c(C(=O)Nc2ccccc2OCC(F)(F)F)sc2cccc(F)c12. The van der Waals surface area contributed by atoms with Crippen molar-refractivity contribution in [1.29, 1.82) is 0 Å². The normalized spacial score (nSPS) is 11.6. The summed E-state index contributed by atoms with van der Waals surface area (Å²) in [4.78, 5) is 13.0. The summed E-state index contributed by atoms with van der Waals surface area (Å²) in [5, 5.41) is 2.84. The molecule has 0 aliphatic carbocycles. The minimum Gasteiger partial charge on any atom is -0.482 e. The van der Waals surface area contributed by atoms with Crippen LogP contribution in [-0.2, 0) is 11.3 Å². The van der Waals surface area contributed by atoms with Gasteiger partial charge < -0.3 is 14.8 Å². The van der Waals surface area contributed by atoms with E-state index in [0.717, 1.165) is 11.3 Å². The van der Waals surface area contributed by atoms with Crippen molar-refractivity contribution >= 4 is 33.0 Å². The predicted molar refractivity (Wildman–Crippen MR) is 98.4 cm³/mol. The lowest BCUT2D eigenvalue weighted by Crippen LogP contribution is -2.20. The molecule has 1 amide bonds. The maximum atomic E-state index is 14.2. The maximum absolute atomic E-state index is 14.2. The number of halogens is 4. The molecule has 148 valence electrons. The zero-order valence-corrected chi connectivity index (χ0v) is 15.4. The largest absolute Gasteiger partial charge is 0.482 e. The Balaban J connectivity index is 1.92. The smallest absolute Gasteiger partial charge is 0.422 e. The summed E-state index contributed by atoms with van der Waals surface area (Å²) in [5.41, 5.74) is 0.463. The first kappa shape index (κ1) is 20.1. The molecular weight excluding hydrogens is 398 g/mol. The van der Waals surface area contributed by atoms with Gasteiger partial charge in [0.05, 0.1) is 17.2 Å². The van der Waals surface area contributed by atoms with E-state index in [-0.39, 0.29) is 22.9 Å². The number of fused-ring (bicyclic) bond motifs is 1. The van der Waals surface area contributed by atoms with E-state index < -0.39 is 24.5 Å². The number of amides is 1. The van der Waals surface area contributed by atoms with Crippen LogP contribution in [-0.4, -0.2) is 25.8 Å². The zero-order chi connectivity index (χ0) is 20.3. The highest BCUT2D eigenvalue weighted by Crippen LogP contribution is 2.35. The molecule has 1 aromatic heterocycles. The number of benzene rings is 2. The van der Waals surface area contributed by atoms with Gasteiger partial charge in [0.25, 0.3) is 5.91 Å². The molecule has 0 unspecified atom stereocenters. The number of ether oxygens (including phenoxy) is 2. The van der Waals surface area contributed by atoms with E-state index in [1.54, 1.807) is 12.1 Å². The Kier molecular flexibility index (Phi) is 5.85. The van der Waals surface area contributed by atoms with Crippen molar-refractivity contribution in [1.82, 2.24) is 0 Å². The standard InChI is InChI=1S/C19H15F4NO3S/c1-26-9-11-16-12(20)5-4-8-15(16)28-17(11)18(25)24-13-6-2-3-7-14(13)27-10-19(21,22)23/h2-8H,9-10H2,1H3,(H,24,25). The molecule has 1 N–H and O–H groups in total. The maximum Gasteiger partial charge on any atom is 0.422 e. The van der Waals surface area contributed by atoms with E-state index >= 15 is 0 Å². The number of thiophene rings is 1. The van der Waals surface area contributed by atoms with E-state index in [2.05, 4.69) is 5.32 Å². The number of alkyl halides is 3. The van der Waals surface area contributed by atoms with Crippen LogP contribution in [0, 0.1) is 5.82 Å². The second kappa shape index (κ2) is 8.15. The number of carbonyl (C=O) groups excluding carboxylic acids is 1. The fourth-order valence-corrected chi connectivity index (χ4v) is 3.78. The Hall–Kier alpha value is -2.65. The molecule has 3 aromatic rings. The molecule has 0 fully saturated rings. The first-order valence-electron chi connectivity index (χ1n) is 8.09. The van der Waals surface area contributed by atoms with Crippen LogP contribution in [0.25, 0.3) is 10.1 Å². The van der Waals surface area contributed by atoms with Gasteiger partial charge in [-0.15, -0.1) is 11.3 Å². The molecule has 0 radical (unpaired) electrons. The van der Waals surface area contributed by atoms with Gasteiger partial charge in [0, 0.05) is 22.8 Å². The Bertz CT molecular complexity index is 1000. The second-order valence-electron chi connectivity index (χ2n) is 5.81. The lowest BCUT2D eigenvalue weighted by Gasteiger charge is -2.14. The van der Waals surface area contributed by atoms with Crippen LogP contribution in [0.1, 0.15) is 15.2 Å². The summed E-state index contributed by atoms with van der Waals surface area (Å²) in [6.07, 6.45) is -4.51. The Labute approximate surface area is 161 Å².